The zero-order valence-corrected chi connectivity index (χ0v) is 18.1. The lowest BCUT2D eigenvalue weighted by Gasteiger charge is -2.02. The molecule has 0 unspecified atom stereocenters. The van der Waals surface area contributed by atoms with Crippen LogP contribution in [-0.4, -0.2) is 42.8 Å². The first-order valence-electron chi connectivity index (χ1n) is 10.4. The van der Waals surface area contributed by atoms with Gasteiger partial charge in [-0.15, -0.1) is 12.4 Å². The Balaban J connectivity index is 0.00000216. The van der Waals surface area contributed by atoms with Gasteiger partial charge in [-0.3, -0.25) is 9.98 Å². The molecule has 162 valence electrons. The van der Waals surface area contributed by atoms with Crippen molar-refractivity contribution in [3.8, 4) is 0 Å². The number of anilines is 1. The maximum atomic E-state index is 6.39. The van der Waals surface area contributed by atoms with Crippen molar-refractivity contribution in [1.29, 1.82) is 0 Å². The highest BCUT2D eigenvalue weighted by Crippen LogP contribution is 2.28. The zero-order valence-electron chi connectivity index (χ0n) is 17.3. The number of fused-ring (bicyclic) bond motifs is 2. The van der Waals surface area contributed by atoms with E-state index < -0.39 is 0 Å². The minimum Gasteiger partial charge on any atom is -0.457 e. The summed E-state index contributed by atoms with van der Waals surface area (Å²) in [6.45, 7) is 3.42. The van der Waals surface area contributed by atoms with Gasteiger partial charge in [0.15, 0.2) is 0 Å². The number of nitrogens with one attached hydrogen (secondary N) is 3. The summed E-state index contributed by atoms with van der Waals surface area (Å²) in [5, 5.41) is 8.66. The molecule has 4 heterocycles. The maximum absolute atomic E-state index is 6.39. The standard InChI is InChI=1S/C24H22N6O.ClH/c25-22-18-4-1-15(24-28-9-10-29-24)13-20(18)30-19(22)5-3-17-12-16-11-14(2-6-21(16)31-17)23-26-7-8-27-23;/h1-6,11-13,30H,7-10,25H2,(H,26,27)(H,28,29);1H/b5-3+;. The van der Waals surface area contributed by atoms with Crippen molar-refractivity contribution in [1.82, 2.24) is 15.6 Å². The van der Waals surface area contributed by atoms with Crippen molar-refractivity contribution >= 4 is 63.8 Å². The van der Waals surface area contributed by atoms with Gasteiger partial charge in [-0.25, -0.2) is 0 Å². The molecule has 2 aromatic carbocycles. The molecule has 0 radical (unpaired) electrons. The van der Waals surface area contributed by atoms with Gasteiger partial charge >= 0.3 is 0 Å². The van der Waals surface area contributed by atoms with E-state index in [9.17, 15) is 0 Å². The molecule has 0 spiro atoms. The summed E-state index contributed by atoms with van der Waals surface area (Å²) in [6.07, 6.45) is 3.90. The molecule has 6 rings (SSSR count). The second-order valence-electron chi connectivity index (χ2n) is 7.76. The highest BCUT2D eigenvalue weighted by Gasteiger charge is 2.13. The van der Waals surface area contributed by atoms with Crippen molar-refractivity contribution in [2.45, 2.75) is 0 Å². The van der Waals surface area contributed by atoms with Crippen molar-refractivity contribution in [2.75, 3.05) is 31.9 Å². The molecule has 32 heavy (non-hydrogen) atoms. The Morgan fingerprint density at radius 1 is 0.875 bits per heavy atom. The summed E-state index contributed by atoms with van der Waals surface area (Å²) in [5.74, 6) is 2.66. The maximum Gasteiger partial charge on any atom is 0.134 e. The van der Waals surface area contributed by atoms with Gasteiger partial charge in [-0.05, 0) is 42.5 Å². The Morgan fingerprint density at radius 2 is 1.59 bits per heavy atom. The van der Waals surface area contributed by atoms with E-state index in [1.807, 2.05) is 36.4 Å². The van der Waals surface area contributed by atoms with E-state index >= 15 is 0 Å². The Bertz CT molecular complexity index is 1410. The van der Waals surface area contributed by atoms with Crippen LogP contribution in [0.2, 0.25) is 0 Å². The molecular formula is C24H23ClN6O. The van der Waals surface area contributed by atoms with Crippen LogP contribution in [0.3, 0.4) is 0 Å². The molecule has 0 fully saturated rings. The highest BCUT2D eigenvalue weighted by molar-refractivity contribution is 6.05. The number of hydrogen-bond donors (Lipinski definition) is 4. The number of benzene rings is 2. The van der Waals surface area contributed by atoms with Gasteiger partial charge in [-0.1, -0.05) is 12.1 Å². The number of amidine groups is 2. The largest absolute Gasteiger partial charge is 0.457 e. The van der Waals surface area contributed by atoms with E-state index in [-0.39, 0.29) is 12.4 Å². The van der Waals surface area contributed by atoms with E-state index in [0.717, 1.165) is 88.0 Å². The molecule has 0 bridgehead atoms. The third-order valence-corrected chi connectivity index (χ3v) is 5.71. The van der Waals surface area contributed by atoms with E-state index in [1.54, 1.807) is 0 Å². The molecule has 0 saturated heterocycles. The number of halogens is 1. The van der Waals surface area contributed by atoms with Gasteiger partial charge in [0.1, 0.15) is 23.0 Å². The topological polar surface area (TPSA) is 104 Å². The van der Waals surface area contributed by atoms with Crippen molar-refractivity contribution in [2.24, 2.45) is 9.98 Å². The van der Waals surface area contributed by atoms with Gasteiger partial charge in [0.2, 0.25) is 0 Å². The Hall–Kier alpha value is -3.71. The molecule has 0 saturated carbocycles. The predicted molar refractivity (Wildman–Crippen MR) is 134 cm³/mol. The minimum absolute atomic E-state index is 0. The first-order valence-corrected chi connectivity index (χ1v) is 10.4. The van der Waals surface area contributed by atoms with Gasteiger partial charge in [0, 0.05) is 40.5 Å². The third kappa shape index (κ3) is 3.50. The number of aliphatic imine (C=N–C) groups is 2. The third-order valence-electron chi connectivity index (χ3n) is 5.71. The molecule has 5 N–H and O–H groups in total. The number of aromatic amines is 1. The monoisotopic (exact) mass is 446 g/mol. The number of hydrogen-bond acceptors (Lipinski definition) is 6. The van der Waals surface area contributed by atoms with Crippen molar-refractivity contribution in [3.63, 3.8) is 0 Å². The van der Waals surface area contributed by atoms with Crippen LogP contribution >= 0.6 is 12.4 Å². The summed E-state index contributed by atoms with van der Waals surface area (Å²) >= 11 is 0. The van der Waals surface area contributed by atoms with Gasteiger partial charge in [0.05, 0.1) is 24.5 Å². The van der Waals surface area contributed by atoms with Crippen LogP contribution in [0.4, 0.5) is 5.69 Å². The normalized spacial score (nSPS) is 15.6. The fourth-order valence-electron chi connectivity index (χ4n) is 4.16. The highest BCUT2D eigenvalue weighted by atomic mass is 35.5. The van der Waals surface area contributed by atoms with Crippen LogP contribution in [0.15, 0.2) is 56.9 Å². The van der Waals surface area contributed by atoms with E-state index in [1.165, 1.54) is 0 Å². The molecular weight excluding hydrogens is 424 g/mol. The number of nitrogen functional groups attached to an aromatic ring is 1. The van der Waals surface area contributed by atoms with Crippen LogP contribution < -0.4 is 16.4 Å². The Morgan fingerprint density at radius 3 is 2.31 bits per heavy atom. The van der Waals surface area contributed by atoms with Gasteiger partial charge < -0.3 is 25.8 Å². The molecule has 4 aromatic rings. The lowest BCUT2D eigenvalue weighted by molar-refractivity contribution is 0.604. The zero-order chi connectivity index (χ0) is 20.8. The minimum atomic E-state index is 0. The van der Waals surface area contributed by atoms with Crippen molar-refractivity contribution < 1.29 is 4.42 Å². The summed E-state index contributed by atoms with van der Waals surface area (Å²) < 4.78 is 5.98. The number of rotatable bonds is 4. The SMILES string of the molecule is Cl.Nc1c(/C=C/c2cc3cc(C4=NCCN4)ccc3o2)[nH]c2cc(C3=NCCN3)ccc12. The molecule has 0 aliphatic carbocycles. The van der Waals surface area contributed by atoms with E-state index in [4.69, 9.17) is 10.2 Å². The van der Waals surface area contributed by atoms with Crippen LogP contribution in [0.25, 0.3) is 34.0 Å². The molecule has 8 heteroatoms. The average molecular weight is 447 g/mol. The van der Waals surface area contributed by atoms with Crippen LogP contribution in [0.1, 0.15) is 22.6 Å². The quantitative estimate of drug-likeness (QED) is 0.383. The second kappa shape index (κ2) is 8.09. The van der Waals surface area contributed by atoms with Gasteiger partial charge in [-0.2, -0.15) is 0 Å². The summed E-state index contributed by atoms with van der Waals surface area (Å²) in [6, 6.07) is 14.3. The Kier molecular flexibility index (Phi) is 5.11. The second-order valence-corrected chi connectivity index (χ2v) is 7.76. The average Bonchev–Trinajstić information content (AvgIpc) is 3.59. The number of furan rings is 1. The van der Waals surface area contributed by atoms with E-state index in [0.29, 0.717) is 0 Å². The molecule has 0 amide bonds. The van der Waals surface area contributed by atoms with E-state index in [2.05, 4.69) is 43.8 Å². The molecule has 2 aromatic heterocycles. The van der Waals surface area contributed by atoms with Crippen LogP contribution in [-0.2, 0) is 0 Å². The number of nitrogens with two attached hydrogens (primary N) is 1. The summed E-state index contributed by atoms with van der Waals surface area (Å²) in [7, 11) is 0. The Labute approximate surface area is 190 Å². The fourth-order valence-corrected chi connectivity index (χ4v) is 4.16. The molecule has 0 atom stereocenters. The van der Waals surface area contributed by atoms with Crippen LogP contribution in [0.5, 0.6) is 0 Å². The molecule has 7 nitrogen and oxygen atoms in total. The smallest absolute Gasteiger partial charge is 0.134 e. The lowest BCUT2D eigenvalue weighted by atomic mass is 10.1. The van der Waals surface area contributed by atoms with Crippen molar-refractivity contribution in [3.05, 3.63) is 65.0 Å². The van der Waals surface area contributed by atoms with Gasteiger partial charge in [0.25, 0.3) is 0 Å². The first kappa shape index (κ1) is 20.2. The predicted octanol–water partition coefficient (Wildman–Crippen LogP) is 3.79. The number of nitrogens with zero attached hydrogens (tertiary/aromatic N) is 2. The molecule has 2 aliphatic rings. The fraction of sp³-hybridized carbons (Fsp3) is 0.167. The number of aromatic nitrogens is 1. The summed E-state index contributed by atoms with van der Waals surface area (Å²) in [5.41, 5.74) is 12.0. The number of H-pyrrole nitrogens is 1. The lowest BCUT2D eigenvalue weighted by Crippen LogP contribution is -2.19. The van der Waals surface area contributed by atoms with Crippen LogP contribution in [0, 0.1) is 0 Å². The summed E-state index contributed by atoms with van der Waals surface area (Å²) in [4.78, 5) is 12.4. The molecule has 2 aliphatic heterocycles. The first-order chi connectivity index (χ1) is 15.2.